The van der Waals surface area contributed by atoms with Gasteiger partial charge in [-0.25, -0.2) is 8.42 Å². The van der Waals surface area contributed by atoms with Gasteiger partial charge in [0.15, 0.2) is 0 Å². The summed E-state index contributed by atoms with van der Waals surface area (Å²) >= 11 is 0. The van der Waals surface area contributed by atoms with Gasteiger partial charge in [0, 0.05) is 50.7 Å². The van der Waals surface area contributed by atoms with Gasteiger partial charge >= 0.3 is 0 Å². The third-order valence-electron chi connectivity index (χ3n) is 7.00. The van der Waals surface area contributed by atoms with E-state index in [9.17, 15) is 18.0 Å². The Balaban J connectivity index is 1.42. The summed E-state index contributed by atoms with van der Waals surface area (Å²) in [7, 11) is -0.0927. The number of hydrogen-bond donors (Lipinski definition) is 1. The first kappa shape index (κ1) is 24.5. The second-order valence-electron chi connectivity index (χ2n) is 9.38. The van der Waals surface area contributed by atoms with Crippen LogP contribution in [-0.4, -0.2) is 60.2 Å². The van der Waals surface area contributed by atoms with Crippen LogP contribution in [0.5, 0.6) is 0 Å². The van der Waals surface area contributed by atoms with E-state index in [1.165, 1.54) is 27.6 Å². The summed E-state index contributed by atoms with van der Waals surface area (Å²) in [6.07, 6.45) is 9.88. The molecule has 0 unspecified atom stereocenters. The molecule has 4 rings (SSSR count). The minimum absolute atomic E-state index is 0.0141. The first-order valence-electron chi connectivity index (χ1n) is 12.1. The van der Waals surface area contributed by atoms with Crippen molar-refractivity contribution in [2.45, 2.75) is 62.3 Å². The Hall–Kier alpha value is -2.65. The van der Waals surface area contributed by atoms with Crippen LogP contribution in [0.15, 0.2) is 41.4 Å². The van der Waals surface area contributed by atoms with E-state index in [1.807, 2.05) is 11.9 Å². The van der Waals surface area contributed by atoms with Crippen molar-refractivity contribution in [3.05, 3.63) is 47.8 Å². The molecule has 1 saturated heterocycles. The molecule has 2 aliphatic rings. The molecule has 2 aromatic rings. The zero-order valence-corrected chi connectivity index (χ0v) is 20.8. The first-order chi connectivity index (χ1) is 16.3. The standard InChI is InChI=1S/C25H34N4O4S/c1-27-18-22(34(32,33)29-15-7-4-8-16-29)17-23(27)24(30)26-20-13-11-19(12-14-20)25(31)28(2)21-9-5-3-6-10-21/h11-14,17-18,21H,3-10,15-16H2,1-2H3,(H,26,30). The summed E-state index contributed by atoms with van der Waals surface area (Å²) < 4.78 is 28.9. The van der Waals surface area contributed by atoms with Crippen LogP contribution >= 0.6 is 0 Å². The van der Waals surface area contributed by atoms with Gasteiger partial charge < -0.3 is 14.8 Å². The molecule has 1 aliphatic heterocycles. The molecule has 2 heterocycles. The van der Waals surface area contributed by atoms with Gasteiger partial charge in [-0.1, -0.05) is 25.7 Å². The molecule has 0 radical (unpaired) electrons. The maximum absolute atomic E-state index is 12.9. The van der Waals surface area contributed by atoms with Crippen molar-refractivity contribution < 1.29 is 18.0 Å². The summed E-state index contributed by atoms with van der Waals surface area (Å²) in [6.45, 7) is 1.03. The maximum Gasteiger partial charge on any atom is 0.272 e. The van der Waals surface area contributed by atoms with Gasteiger partial charge in [0.1, 0.15) is 10.6 Å². The Morgan fingerprint density at radius 2 is 1.59 bits per heavy atom. The number of carbonyl (C=O) groups excluding carboxylic acids is 2. The highest BCUT2D eigenvalue weighted by molar-refractivity contribution is 7.89. The number of nitrogens with zero attached hydrogens (tertiary/aromatic N) is 3. The van der Waals surface area contributed by atoms with Gasteiger partial charge in [-0.15, -0.1) is 0 Å². The Morgan fingerprint density at radius 3 is 2.24 bits per heavy atom. The van der Waals surface area contributed by atoms with Crippen molar-refractivity contribution in [3.63, 3.8) is 0 Å². The summed E-state index contributed by atoms with van der Waals surface area (Å²) in [5.41, 5.74) is 1.39. The van der Waals surface area contributed by atoms with Crippen LogP contribution in [0.25, 0.3) is 0 Å². The average molecular weight is 487 g/mol. The van der Waals surface area contributed by atoms with Gasteiger partial charge in [-0.2, -0.15) is 4.31 Å². The zero-order chi connectivity index (χ0) is 24.3. The molecule has 1 aliphatic carbocycles. The molecule has 1 aromatic heterocycles. The molecule has 34 heavy (non-hydrogen) atoms. The number of rotatable bonds is 6. The van der Waals surface area contributed by atoms with Crippen LogP contribution in [-0.2, 0) is 17.1 Å². The van der Waals surface area contributed by atoms with Gasteiger partial charge in [-0.05, 0) is 56.0 Å². The number of anilines is 1. The van der Waals surface area contributed by atoms with Crippen molar-refractivity contribution in [2.75, 3.05) is 25.5 Å². The van der Waals surface area contributed by atoms with Crippen LogP contribution in [0.1, 0.15) is 72.2 Å². The van der Waals surface area contributed by atoms with Crippen LogP contribution in [0.2, 0.25) is 0 Å². The van der Waals surface area contributed by atoms with E-state index in [0.29, 0.717) is 24.3 Å². The number of nitrogens with one attached hydrogen (secondary N) is 1. The number of aromatic nitrogens is 1. The topological polar surface area (TPSA) is 91.7 Å². The fourth-order valence-electron chi connectivity index (χ4n) is 4.88. The molecule has 0 spiro atoms. The van der Waals surface area contributed by atoms with E-state index in [2.05, 4.69) is 5.32 Å². The zero-order valence-electron chi connectivity index (χ0n) is 20.0. The highest BCUT2D eigenvalue weighted by Gasteiger charge is 2.28. The van der Waals surface area contributed by atoms with Crippen molar-refractivity contribution in [2.24, 2.45) is 7.05 Å². The van der Waals surface area contributed by atoms with Crippen LogP contribution in [0.3, 0.4) is 0 Å². The summed E-state index contributed by atoms with van der Waals surface area (Å²) in [6, 6.07) is 8.55. The number of benzene rings is 1. The third kappa shape index (κ3) is 5.20. The average Bonchev–Trinajstić information content (AvgIpc) is 3.27. The van der Waals surface area contributed by atoms with Crippen molar-refractivity contribution in [1.82, 2.24) is 13.8 Å². The SMILES string of the molecule is CN(C(=O)c1ccc(NC(=O)c2cc(S(=O)(=O)N3CCCCC3)cn2C)cc1)C1CCCCC1. The number of piperidine rings is 1. The molecule has 2 fully saturated rings. The Morgan fingerprint density at radius 1 is 0.971 bits per heavy atom. The monoisotopic (exact) mass is 486 g/mol. The van der Waals surface area contributed by atoms with Gasteiger partial charge in [0.2, 0.25) is 10.0 Å². The lowest BCUT2D eigenvalue weighted by atomic mass is 9.94. The highest BCUT2D eigenvalue weighted by atomic mass is 32.2. The van der Waals surface area contributed by atoms with E-state index < -0.39 is 15.9 Å². The van der Waals surface area contributed by atoms with Crippen molar-refractivity contribution in [3.8, 4) is 0 Å². The number of amides is 2. The van der Waals surface area contributed by atoms with Gasteiger partial charge in [0.25, 0.3) is 11.8 Å². The molecule has 1 N–H and O–H groups in total. The first-order valence-corrected chi connectivity index (χ1v) is 13.6. The lowest BCUT2D eigenvalue weighted by molar-refractivity contribution is 0.0696. The van der Waals surface area contributed by atoms with E-state index in [-0.39, 0.29) is 22.5 Å². The quantitative estimate of drug-likeness (QED) is 0.671. The van der Waals surface area contributed by atoms with Crippen molar-refractivity contribution >= 4 is 27.5 Å². The molecule has 0 atom stereocenters. The molecular formula is C25H34N4O4S. The lowest BCUT2D eigenvalue weighted by Crippen LogP contribution is -2.38. The summed E-state index contributed by atoms with van der Waals surface area (Å²) in [5.74, 6) is -0.416. The van der Waals surface area contributed by atoms with E-state index in [4.69, 9.17) is 0 Å². The van der Waals surface area contributed by atoms with Gasteiger partial charge in [0.05, 0.1) is 0 Å². The lowest BCUT2D eigenvalue weighted by Gasteiger charge is -2.31. The molecule has 184 valence electrons. The summed E-state index contributed by atoms with van der Waals surface area (Å²) in [4.78, 5) is 27.7. The fourth-order valence-corrected chi connectivity index (χ4v) is 6.47. The normalized spacial score (nSPS) is 17.9. The molecule has 1 aromatic carbocycles. The molecular weight excluding hydrogens is 452 g/mol. The van der Waals surface area contributed by atoms with E-state index in [1.54, 1.807) is 31.3 Å². The third-order valence-corrected chi connectivity index (χ3v) is 8.86. The van der Waals surface area contributed by atoms with Crippen LogP contribution in [0, 0.1) is 0 Å². The Kier molecular flexibility index (Phi) is 7.42. The summed E-state index contributed by atoms with van der Waals surface area (Å²) in [5, 5.41) is 2.81. The minimum atomic E-state index is -3.61. The van der Waals surface area contributed by atoms with Crippen molar-refractivity contribution in [1.29, 1.82) is 0 Å². The van der Waals surface area contributed by atoms with Gasteiger partial charge in [-0.3, -0.25) is 9.59 Å². The number of sulfonamides is 1. The molecule has 8 nitrogen and oxygen atoms in total. The second kappa shape index (κ2) is 10.3. The predicted octanol–water partition coefficient (Wildman–Crippen LogP) is 3.86. The van der Waals surface area contributed by atoms with Crippen LogP contribution < -0.4 is 5.32 Å². The fraction of sp³-hybridized carbons (Fsp3) is 0.520. The van der Waals surface area contributed by atoms with Crippen LogP contribution in [0.4, 0.5) is 5.69 Å². The van der Waals surface area contributed by atoms with E-state index in [0.717, 1.165) is 44.9 Å². The molecule has 1 saturated carbocycles. The molecule has 0 bridgehead atoms. The van der Waals surface area contributed by atoms with E-state index >= 15 is 0 Å². The molecule has 2 amide bonds. The number of carbonyl (C=O) groups is 2. The smallest absolute Gasteiger partial charge is 0.272 e. The minimum Gasteiger partial charge on any atom is -0.345 e. The Labute approximate surface area is 202 Å². The molecule has 9 heteroatoms. The number of hydrogen-bond acceptors (Lipinski definition) is 4. The second-order valence-corrected chi connectivity index (χ2v) is 11.3. The highest BCUT2D eigenvalue weighted by Crippen LogP contribution is 2.24. The Bertz CT molecular complexity index is 1130. The predicted molar refractivity (Wildman–Crippen MR) is 131 cm³/mol. The number of aryl methyl sites for hydroxylation is 1. The largest absolute Gasteiger partial charge is 0.345 e. The maximum atomic E-state index is 12.9.